The number of aromatic nitrogens is 4. The highest BCUT2D eigenvalue weighted by Crippen LogP contribution is 2.40. The smallest absolute Gasteiger partial charge is 0.407 e. The van der Waals surface area contributed by atoms with Gasteiger partial charge < -0.3 is 30.7 Å². The average Bonchev–Trinajstić information content (AvgIpc) is 3.93. The number of H-pyrrole nitrogens is 2. The van der Waals surface area contributed by atoms with Crippen molar-refractivity contribution in [3.8, 4) is 33.6 Å². The van der Waals surface area contributed by atoms with Gasteiger partial charge in [-0.05, 0) is 66.7 Å². The molecule has 252 valence electrons. The third kappa shape index (κ3) is 6.36. The van der Waals surface area contributed by atoms with Gasteiger partial charge in [-0.1, -0.05) is 62.4 Å². The fraction of sp³-hybridized carbons (Fsp3) is 0.459. The van der Waals surface area contributed by atoms with E-state index in [1.807, 2.05) is 31.1 Å². The van der Waals surface area contributed by atoms with Crippen LogP contribution in [-0.2, 0) is 9.53 Å². The molecule has 3 aliphatic rings. The Morgan fingerprint density at radius 3 is 1.98 bits per heavy atom. The van der Waals surface area contributed by atoms with Crippen molar-refractivity contribution < 1.29 is 14.3 Å². The Morgan fingerprint density at radius 2 is 1.40 bits per heavy atom. The zero-order valence-electron chi connectivity index (χ0n) is 28.0. The molecular weight excluding hydrogens is 604 g/mol. The Kier molecular flexibility index (Phi) is 9.07. The number of nitrogens with one attached hydrogen (secondary N) is 3. The first-order chi connectivity index (χ1) is 23.3. The number of nitrogens with two attached hydrogens (primary N) is 1. The fourth-order valence-corrected chi connectivity index (χ4v) is 7.77. The summed E-state index contributed by atoms with van der Waals surface area (Å²) in [6, 6.07) is 17.4. The van der Waals surface area contributed by atoms with Gasteiger partial charge in [0.2, 0.25) is 5.91 Å². The van der Waals surface area contributed by atoms with Gasteiger partial charge in [-0.25, -0.2) is 14.8 Å². The highest BCUT2D eigenvalue weighted by molar-refractivity contribution is 5.86. The van der Waals surface area contributed by atoms with Crippen molar-refractivity contribution in [2.75, 3.05) is 20.2 Å². The Bertz CT molecular complexity index is 1730. The van der Waals surface area contributed by atoms with Gasteiger partial charge in [0.15, 0.2) is 0 Å². The first-order valence-corrected chi connectivity index (χ1v) is 17.3. The van der Waals surface area contributed by atoms with Crippen molar-refractivity contribution in [3.63, 3.8) is 0 Å². The quantitative estimate of drug-likeness (QED) is 0.189. The SMILES string of the molecule is COC(=O)N[C@H](C(=O)N1CCC[C@H]1c1ncc(-c2ccc(-c3ccc(-c4cnc([C@@H]5CC[C@@H]6CC[C@H](N)CN65)[nH]4)cc3)cc2)[nH]1)C(C)C. The monoisotopic (exact) mass is 650 g/mol. The van der Waals surface area contributed by atoms with Crippen LogP contribution in [-0.4, -0.2) is 80.1 Å². The molecule has 0 unspecified atom stereocenters. The van der Waals surface area contributed by atoms with Crippen molar-refractivity contribution in [3.05, 3.63) is 72.6 Å². The molecule has 2 amide bonds. The number of piperidine rings is 1. The van der Waals surface area contributed by atoms with Crippen molar-refractivity contribution in [1.29, 1.82) is 0 Å². The largest absolute Gasteiger partial charge is 0.453 e. The van der Waals surface area contributed by atoms with Gasteiger partial charge in [-0.3, -0.25) is 9.69 Å². The summed E-state index contributed by atoms with van der Waals surface area (Å²) in [5, 5.41) is 2.70. The van der Waals surface area contributed by atoms with Gasteiger partial charge in [0.1, 0.15) is 17.7 Å². The Balaban J connectivity index is 1.01. The van der Waals surface area contributed by atoms with Crippen LogP contribution in [0.2, 0.25) is 0 Å². The molecule has 7 rings (SSSR count). The maximum atomic E-state index is 13.5. The van der Waals surface area contributed by atoms with Gasteiger partial charge in [0.25, 0.3) is 0 Å². The molecule has 3 fully saturated rings. The molecule has 5 atom stereocenters. The van der Waals surface area contributed by atoms with Crippen LogP contribution in [0.4, 0.5) is 4.79 Å². The Labute approximate surface area is 281 Å². The van der Waals surface area contributed by atoms with Crippen LogP contribution in [0.3, 0.4) is 0 Å². The predicted octanol–water partition coefficient (Wildman–Crippen LogP) is 5.80. The molecule has 0 saturated carbocycles. The van der Waals surface area contributed by atoms with E-state index in [-0.39, 0.29) is 23.9 Å². The minimum atomic E-state index is -0.662. The van der Waals surface area contributed by atoms with Gasteiger partial charge in [0.05, 0.1) is 43.0 Å². The molecule has 11 heteroatoms. The zero-order chi connectivity index (χ0) is 33.4. The van der Waals surface area contributed by atoms with Crippen LogP contribution in [0.15, 0.2) is 60.9 Å². The molecule has 0 radical (unpaired) electrons. The van der Waals surface area contributed by atoms with Crippen molar-refractivity contribution >= 4 is 12.0 Å². The fourth-order valence-electron chi connectivity index (χ4n) is 7.77. The van der Waals surface area contributed by atoms with E-state index in [2.05, 4.69) is 73.7 Å². The number of hydrogen-bond acceptors (Lipinski definition) is 7. The van der Waals surface area contributed by atoms with Gasteiger partial charge in [-0.15, -0.1) is 0 Å². The van der Waals surface area contributed by atoms with Crippen LogP contribution in [0, 0.1) is 5.92 Å². The van der Waals surface area contributed by atoms with Crippen LogP contribution < -0.4 is 11.1 Å². The molecule has 4 aromatic rings. The van der Waals surface area contributed by atoms with Gasteiger partial charge in [0, 0.05) is 25.2 Å². The molecule has 3 saturated heterocycles. The molecule has 48 heavy (non-hydrogen) atoms. The number of nitrogens with zero attached hydrogens (tertiary/aromatic N) is 4. The molecule has 0 aliphatic carbocycles. The molecule has 11 nitrogen and oxygen atoms in total. The van der Waals surface area contributed by atoms with E-state index in [0.29, 0.717) is 18.6 Å². The highest BCUT2D eigenvalue weighted by atomic mass is 16.5. The average molecular weight is 651 g/mol. The number of methoxy groups -OCH3 is 1. The number of rotatable bonds is 8. The first kappa shape index (κ1) is 32.1. The lowest BCUT2D eigenvalue weighted by Crippen LogP contribution is -2.51. The molecule has 0 bridgehead atoms. The second-order valence-corrected chi connectivity index (χ2v) is 13.8. The van der Waals surface area contributed by atoms with Crippen LogP contribution >= 0.6 is 0 Å². The second kappa shape index (κ2) is 13.6. The van der Waals surface area contributed by atoms with Crippen LogP contribution in [0.25, 0.3) is 33.6 Å². The summed E-state index contributed by atoms with van der Waals surface area (Å²) in [5.74, 6) is 1.60. The number of alkyl carbamates (subject to hydrolysis) is 1. The standard InChI is InChI=1S/C37H46N8O3/c1-22(2)33(43-37(47)48-3)36(46)44-18-4-5-31(44)34-39-19-29(41-34)25-10-6-23(7-11-25)24-8-12-26(13-9-24)30-20-40-35(42-30)32-17-16-28-15-14-27(38)21-45(28)32/h6-13,19-20,22,27-28,31-33H,4-5,14-18,21,38H2,1-3H3,(H,39,41)(H,40,42)(H,43,47)/t27-,28-,31-,32-,33-/m0/s1. The summed E-state index contributed by atoms with van der Waals surface area (Å²) in [7, 11) is 1.30. The van der Waals surface area contributed by atoms with E-state index in [4.69, 9.17) is 15.5 Å². The minimum Gasteiger partial charge on any atom is -0.453 e. The van der Waals surface area contributed by atoms with Crippen molar-refractivity contribution in [2.45, 2.75) is 82.6 Å². The van der Waals surface area contributed by atoms with E-state index in [9.17, 15) is 9.59 Å². The lowest BCUT2D eigenvalue weighted by molar-refractivity contribution is -0.135. The summed E-state index contributed by atoms with van der Waals surface area (Å²) in [4.78, 5) is 46.3. The van der Waals surface area contributed by atoms with Gasteiger partial charge in [-0.2, -0.15) is 0 Å². The Morgan fingerprint density at radius 1 is 0.833 bits per heavy atom. The maximum Gasteiger partial charge on any atom is 0.407 e. The molecule has 2 aromatic heterocycles. The number of carbonyl (C=O) groups excluding carboxylic acids is 2. The Hall–Kier alpha value is -4.48. The van der Waals surface area contributed by atoms with Crippen LogP contribution in [0.1, 0.15) is 76.1 Å². The van der Waals surface area contributed by atoms with Crippen molar-refractivity contribution in [2.24, 2.45) is 11.7 Å². The molecular formula is C37H46N8O3. The molecule has 5 heterocycles. The summed E-state index contributed by atoms with van der Waals surface area (Å²) in [6.45, 7) is 5.41. The van der Waals surface area contributed by atoms with E-state index >= 15 is 0 Å². The van der Waals surface area contributed by atoms with E-state index in [1.165, 1.54) is 20.0 Å². The van der Waals surface area contributed by atoms with E-state index in [1.54, 1.807) is 0 Å². The van der Waals surface area contributed by atoms with E-state index < -0.39 is 12.1 Å². The summed E-state index contributed by atoms with van der Waals surface area (Å²) in [6.07, 6.45) is 9.53. The highest BCUT2D eigenvalue weighted by Gasteiger charge is 2.39. The number of ether oxygens (including phenoxy) is 1. The van der Waals surface area contributed by atoms with Gasteiger partial charge >= 0.3 is 6.09 Å². The first-order valence-electron chi connectivity index (χ1n) is 17.3. The predicted molar refractivity (Wildman–Crippen MR) is 185 cm³/mol. The number of carbonyl (C=O) groups is 2. The number of aromatic amines is 2. The maximum absolute atomic E-state index is 13.5. The summed E-state index contributed by atoms with van der Waals surface area (Å²) in [5.41, 5.74) is 12.6. The lowest BCUT2D eigenvalue weighted by Gasteiger charge is -2.36. The molecule has 3 aliphatic heterocycles. The number of fused-ring (bicyclic) bond motifs is 1. The molecule has 0 spiro atoms. The molecule has 5 N–H and O–H groups in total. The number of benzene rings is 2. The number of likely N-dealkylation sites (tertiary alicyclic amines) is 1. The zero-order valence-corrected chi connectivity index (χ0v) is 28.0. The summed E-state index contributed by atoms with van der Waals surface area (Å²) < 4.78 is 4.75. The topological polar surface area (TPSA) is 145 Å². The summed E-state index contributed by atoms with van der Waals surface area (Å²) >= 11 is 0. The third-order valence-electron chi connectivity index (χ3n) is 10.4. The van der Waals surface area contributed by atoms with Crippen LogP contribution in [0.5, 0.6) is 0 Å². The minimum absolute atomic E-state index is 0.0808. The second-order valence-electron chi connectivity index (χ2n) is 13.8. The normalized spacial score (nSPS) is 23.3. The number of amides is 2. The molecule has 2 aromatic carbocycles. The van der Waals surface area contributed by atoms with Crippen molar-refractivity contribution in [1.82, 2.24) is 35.1 Å². The third-order valence-corrected chi connectivity index (χ3v) is 10.4. The number of hydrogen-bond donors (Lipinski definition) is 4. The lowest BCUT2D eigenvalue weighted by atomic mass is 10.00. The van der Waals surface area contributed by atoms with E-state index in [0.717, 1.165) is 77.5 Å². The number of imidazole rings is 2.